The van der Waals surface area contributed by atoms with Gasteiger partial charge in [-0.1, -0.05) is 53.2 Å². The van der Waals surface area contributed by atoms with Crippen LogP contribution >= 0.6 is 0 Å². The van der Waals surface area contributed by atoms with Crippen LogP contribution in [0.4, 0.5) is 0 Å². The number of carbonyl (C=O) groups excluding carboxylic acids is 1. The maximum Gasteiger partial charge on any atom is 0.257 e. The molecule has 0 N–H and O–H groups in total. The number of amides is 1. The van der Waals surface area contributed by atoms with Crippen LogP contribution in [0.15, 0.2) is 59.1 Å². The molecule has 0 spiro atoms. The van der Waals surface area contributed by atoms with Crippen LogP contribution in [0.5, 0.6) is 0 Å². The third-order valence-corrected chi connectivity index (χ3v) is 4.98. The summed E-state index contributed by atoms with van der Waals surface area (Å²) in [7, 11) is 0. The van der Waals surface area contributed by atoms with Crippen molar-refractivity contribution < 1.29 is 9.32 Å². The predicted octanol–water partition coefficient (Wildman–Crippen LogP) is 4.12. The second-order valence-corrected chi connectivity index (χ2v) is 6.86. The Morgan fingerprint density at radius 1 is 1.15 bits per heavy atom. The standard InChI is InChI=1S/C21H21N3O2/c1-14-7-6-10-17(11-14)21-22-20(23-26-21)18-12-19(25)24(13-18)15(2)16-8-4-3-5-9-16/h3-11,15,18H,12-13H2,1-2H3. The van der Waals surface area contributed by atoms with Crippen LogP contribution in [0.1, 0.15) is 42.3 Å². The molecule has 2 aromatic carbocycles. The van der Waals surface area contributed by atoms with Crippen LogP contribution in [0.2, 0.25) is 0 Å². The van der Waals surface area contributed by atoms with E-state index in [1.165, 1.54) is 0 Å². The quantitative estimate of drug-likeness (QED) is 0.712. The van der Waals surface area contributed by atoms with Crippen LogP contribution in [0.3, 0.4) is 0 Å². The average Bonchev–Trinajstić information content (AvgIpc) is 3.29. The van der Waals surface area contributed by atoms with Crippen molar-refractivity contribution >= 4 is 5.91 Å². The third kappa shape index (κ3) is 3.12. The fourth-order valence-corrected chi connectivity index (χ4v) is 3.49. The molecule has 0 aliphatic carbocycles. The Morgan fingerprint density at radius 2 is 1.96 bits per heavy atom. The SMILES string of the molecule is Cc1cccc(-c2nc(C3CC(=O)N(C(C)c4ccccc4)C3)no2)c1. The molecule has 5 heteroatoms. The van der Waals surface area contributed by atoms with Crippen LogP contribution in [0, 0.1) is 6.92 Å². The first-order valence-corrected chi connectivity index (χ1v) is 8.87. The molecule has 1 aromatic heterocycles. The van der Waals surface area contributed by atoms with Crippen LogP contribution in [0.25, 0.3) is 11.5 Å². The van der Waals surface area contributed by atoms with E-state index < -0.39 is 0 Å². The van der Waals surface area contributed by atoms with Gasteiger partial charge in [0, 0.05) is 24.4 Å². The van der Waals surface area contributed by atoms with Crippen molar-refractivity contribution in [2.24, 2.45) is 0 Å². The van der Waals surface area contributed by atoms with E-state index in [-0.39, 0.29) is 17.9 Å². The average molecular weight is 347 g/mol. The van der Waals surface area contributed by atoms with E-state index in [2.05, 4.69) is 29.2 Å². The van der Waals surface area contributed by atoms with Gasteiger partial charge in [0.15, 0.2) is 5.82 Å². The van der Waals surface area contributed by atoms with Gasteiger partial charge in [0.1, 0.15) is 0 Å². The first-order chi connectivity index (χ1) is 12.6. The van der Waals surface area contributed by atoms with Gasteiger partial charge in [-0.2, -0.15) is 4.98 Å². The number of nitrogens with zero attached hydrogens (tertiary/aromatic N) is 3. The van der Waals surface area contributed by atoms with Gasteiger partial charge in [-0.05, 0) is 31.5 Å². The molecular weight excluding hydrogens is 326 g/mol. The van der Waals surface area contributed by atoms with Gasteiger partial charge in [-0.15, -0.1) is 0 Å². The number of likely N-dealkylation sites (tertiary alicyclic amines) is 1. The summed E-state index contributed by atoms with van der Waals surface area (Å²) in [5.41, 5.74) is 3.18. The van der Waals surface area contributed by atoms with Gasteiger partial charge < -0.3 is 9.42 Å². The number of aromatic nitrogens is 2. The highest BCUT2D eigenvalue weighted by Crippen LogP contribution is 2.33. The predicted molar refractivity (Wildman–Crippen MR) is 98.4 cm³/mol. The number of benzene rings is 2. The first kappa shape index (κ1) is 16.5. The molecule has 1 aliphatic heterocycles. The normalized spacial score (nSPS) is 18.3. The largest absolute Gasteiger partial charge is 0.335 e. The van der Waals surface area contributed by atoms with Crippen molar-refractivity contribution in [2.45, 2.75) is 32.2 Å². The minimum Gasteiger partial charge on any atom is -0.335 e. The van der Waals surface area contributed by atoms with Gasteiger partial charge in [0.2, 0.25) is 5.91 Å². The van der Waals surface area contributed by atoms with Gasteiger partial charge in [0.25, 0.3) is 5.89 Å². The molecule has 0 bridgehead atoms. The van der Waals surface area contributed by atoms with E-state index in [9.17, 15) is 4.79 Å². The molecule has 26 heavy (non-hydrogen) atoms. The van der Waals surface area contributed by atoms with Crippen LogP contribution in [-0.2, 0) is 4.79 Å². The smallest absolute Gasteiger partial charge is 0.257 e. The van der Waals surface area contributed by atoms with Gasteiger partial charge in [-0.25, -0.2) is 0 Å². The number of rotatable bonds is 4. The molecule has 1 amide bonds. The molecule has 0 radical (unpaired) electrons. The Hall–Kier alpha value is -2.95. The maximum atomic E-state index is 12.5. The molecule has 2 unspecified atom stereocenters. The number of carbonyl (C=O) groups is 1. The fraction of sp³-hybridized carbons (Fsp3) is 0.286. The minimum absolute atomic E-state index is 0.0315. The van der Waals surface area contributed by atoms with E-state index in [1.54, 1.807) is 0 Å². The Labute approximate surface area is 152 Å². The van der Waals surface area contributed by atoms with Gasteiger partial charge >= 0.3 is 0 Å². The van der Waals surface area contributed by atoms with E-state index in [0.717, 1.165) is 16.7 Å². The number of hydrogen-bond acceptors (Lipinski definition) is 4. The van der Waals surface area contributed by atoms with Gasteiger partial charge in [-0.3, -0.25) is 4.79 Å². The summed E-state index contributed by atoms with van der Waals surface area (Å²) in [4.78, 5) is 19.0. The second kappa shape index (κ2) is 6.75. The molecule has 132 valence electrons. The molecule has 3 aromatic rings. The topological polar surface area (TPSA) is 59.2 Å². The lowest BCUT2D eigenvalue weighted by Gasteiger charge is -2.25. The molecule has 1 saturated heterocycles. The summed E-state index contributed by atoms with van der Waals surface area (Å²) in [5, 5.41) is 4.14. The molecule has 1 fully saturated rings. The molecule has 4 rings (SSSR count). The summed E-state index contributed by atoms with van der Waals surface area (Å²) in [6, 6.07) is 18.1. The molecule has 1 aliphatic rings. The van der Waals surface area contributed by atoms with Crippen molar-refractivity contribution in [2.75, 3.05) is 6.54 Å². The molecule has 0 saturated carbocycles. The minimum atomic E-state index is -0.0315. The van der Waals surface area contributed by atoms with E-state index in [0.29, 0.717) is 24.7 Å². The van der Waals surface area contributed by atoms with E-state index in [1.807, 2.05) is 54.3 Å². The van der Waals surface area contributed by atoms with E-state index in [4.69, 9.17) is 4.52 Å². The Morgan fingerprint density at radius 3 is 2.73 bits per heavy atom. The lowest BCUT2D eigenvalue weighted by atomic mass is 10.1. The highest BCUT2D eigenvalue weighted by Gasteiger charge is 2.36. The zero-order chi connectivity index (χ0) is 18.1. The summed E-state index contributed by atoms with van der Waals surface area (Å²) in [6.45, 7) is 4.70. The van der Waals surface area contributed by atoms with Crippen molar-refractivity contribution in [3.8, 4) is 11.5 Å². The number of aryl methyl sites for hydroxylation is 1. The zero-order valence-electron chi connectivity index (χ0n) is 14.9. The van der Waals surface area contributed by atoms with Crippen molar-refractivity contribution in [3.63, 3.8) is 0 Å². The summed E-state index contributed by atoms with van der Waals surface area (Å²) < 4.78 is 5.44. The highest BCUT2D eigenvalue weighted by atomic mass is 16.5. The van der Waals surface area contributed by atoms with Crippen molar-refractivity contribution in [1.29, 1.82) is 0 Å². The van der Waals surface area contributed by atoms with Crippen LogP contribution in [-0.4, -0.2) is 27.5 Å². The summed E-state index contributed by atoms with van der Waals surface area (Å²) >= 11 is 0. The van der Waals surface area contributed by atoms with Crippen molar-refractivity contribution in [1.82, 2.24) is 15.0 Å². The van der Waals surface area contributed by atoms with Crippen LogP contribution < -0.4 is 0 Å². The highest BCUT2D eigenvalue weighted by molar-refractivity contribution is 5.80. The van der Waals surface area contributed by atoms with E-state index >= 15 is 0 Å². The second-order valence-electron chi connectivity index (χ2n) is 6.86. The molecule has 5 nitrogen and oxygen atoms in total. The third-order valence-electron chi connectivity index (χ3n) is 4.98. The monoisotopic (exact) mass is 347 g/mol. The Kier molecular flexibility index (Phi) is 4.29. The Bertz CT molecular complexity index is 920. The molecular formula is C21H21N3O2. The van der Waals surface area contributed by atoms with Gasteiger partial charge in [0.05, 0.1) is 6.04 Å². The number of hydrogen-bond donors (Lipinski definition) is 0. The fourth-order valence-electron chi connectivity index (χ4n) is 3.49. The zero-order valence-corrected chi connectivity index (χ0v) is 14.9. The van der Waals surface area contributed by atoms with Crippen molar-refractivity contribution in [3.05, 3.63) is 71.5 Å². The molecule has 2 heterocycles. The lowest BCUT2D eigenvalue weighted by Crippen LogP contribution is -2.28. The summed E-state index contributed by atoms with van der Waals surface area (Å²) in [5.74, 6) is 1.22. The Balaban J connectivity index is 1.52. The summed E-state index contributed by atoms with van der Waals surface area (Å²) in [6.07, 6.45) is 0.421. The lowest BCUT2D eigenvalue weighted by molar-refractivity contribution is -0.129. The molecule has 2 atom stereocenters. The first-order valence-electron chi connectivity index (χ1n) is 8.87. The maximum absolute atomic E-state index is 12.5.